The van der Waals surface area contributed by atoms with Gasteiger partial charge in [0.15, 0.2) is 11.5 Å². The molecule has 4 rings (SSSR count). The molecular formula is C18H21N3O4. The van der Waals surface area contributed by atoms with Crippen LogP contribution in [0.25, 0.3) is 0 Å². The van der Waals surface area contributed by atoms with Crippen LogP contribution in [-0.4, -0.2) is 53.3 Å². The molecule has 0 N–H and O–H groups in total. The van der Waals surface area contributed by atoms with Crippen molar-refractivity contribution in [2.24, 2.45) is 7.05 Å². The van der Waals surface area contributed by atoms with Crippen LogP contribution in [0.1, 0.15) is 28.0 Å². The van der Waals surface area contributed by atoms with Gasteiger partial charge in [-0.25, -0.2) is 4.98 Å². The van der Waals surface area contributed by atoms with Gasteiger partial charge in [0, 0.05) is 25.4 Å². The zero-order valence-electron chi connectivity index (χ0n) is 14.4. The molecule has 0 radical (unpaired) electrons. The molecule has 1 aromatic heterocycles. The number of aromatic nitrogens is 2. The van der Waals surface area contributed by atoms with Crippen LogP contribution in [0.4, 0.5) is 0 Å². The summed E-state index contributed by atoms with van der Waals surface area (Å²) in [6.07, 6.45) is 1.74. The molecule has 0 bridgehead atoms. The van der Waals surface area contributed by atoms with E-state index in [1.54, 1.807) is 18.2 Å². The Morgan fingerprint density at radius 3 is 2.76 bits per heavy atom. The number of hydrogen-bond acceptors (Lipinski definition) is 5. The van der Waals surface area contributed by atoms with Gasteiger partial charge in [-0.1, -0.05) is 0 Å². The molecule has 1 amide bonds. The molecule has 2 aliphatic heterocycles. The van der Waals surface area contributed by atoms with Crippen molar-refractivity contribution in [1.82, 2.24) is 14.5 Å². The molecule has 2 aliphatic rings. The van der Waals surface area contributed by atoms with E-state index in [0.717, 1.165) is 11.5 Å². The van der Waals surface area contributed by atoms with Crippen molar-refractivity contribution in [3.8, 4) is 11.5 Å². The van der Waals surface area contributed by atoms with Gasteiger partial charge in [-0.15, -0.1) is 0 Å². The molecule has 7 nitrogen and oxygen atoms in total. The van der Waals surface area contributed by atoms with Gasteiger partial charge in [0.2, 0.25) is 0 Å². The van der Waals surface area contributed by atoms with Crippen molar-refractivity contribution < 1.29 is 19.0 Å². The summed E-state index contributed by atoms with van der Waals surface area (Å²) >= 11 is 0. The van der Waals surface area contributed by atoms with Gasteiger partial charge in [-0.05, 0) is 25.1 Å². The second-order valence-corrected chi connectivity index (χ2v) is 6.32. The van der Waals surface area contributed by atoms with E-state index >= 15 is 0 Å². The number of hydrogen-bond donors (Lipinski definition) is 0. The second kappa shape index (κ2) is 6.40. The molecule has 1 atom stereocenters. The van der Waals surface area contributed by atoms with Crippen molar-refractivity contribution >= 4 is 5.91 Å². The minimum absolute atomic E-state index is 0.0313. The zero-order chi connectivity index (χ0) is 17.4. The summed E-state index contributed by atoms with van der Waals surface area (Å²) in [5.41, 5.74) is 1.54. The SMILES string of the molecule is Cc1cn(C)c([C@H]2CN(C(=O)c3ccc4c(c3)OCCO4)CCO2)n1. The van der Waals surface area contributed by atoms with E-state index in [1.165, 1.54) is 0 Å². The highest BCUT2D eigenvalue weighted by Crippen LogP contribution is 2.31. The molecule has 132 valence electrons. The van der Waals surface area contributed by atoms with Gasteiger partial charge >= 0.3 is 0 Å². The number of carbonyl (C=O) groups excluding carboxylic acids is 1. The van der Waals surface area contributed by atoms with Gasteiger partial charge in [0.25, 0.3) is 5.91 Å². The molecule has 7 heteroatoms. The lowest BCUT2D eigenvalue weighted by Gasteiger charge is -2.32. The molecule has 1 aromatic carbocycles. The Hall–Kier alpha value is -2.54. The Morgan fingerprint density at radius 1 is 1.20 bits per heavy atom. The predicted molar refractivity (Wildman–Crippen MR) is 90.0 cm³/mol. The first-order valence-corrected chi connectivity index (χ1v) is 8.42. The largest absolute Gasteiger partial charge is 0.486 e. The lowest BCUT2D eigenvalue weighted by atomic mass is 10.1. The summed E-state index contributed by atoms with van der Waals surface area (Å²) in [4.78, 5) is 19.2. The Bertz CT molecular complexity index is 802. The van der Waals surface area contributed by atoms with Gasteiger partial charge < -0.3 is 23.7 Å². The number of imidazole rings is 1. The third-order valence-electron chi connectivity index (χ3n) is 4.46. The van der Waals surface area contributed by atoms with Crippen LogP contribution in [-0.2, 0) is 11.8 Å². The highest BCUT2D eigenvalue weighted by Gasteiger charge is 2.29. The summed E-state index contributed by atoms with van der Waals surface area (Å²) in [7, 11) is 1.94. The number of rotatable bonds is 2. The molecular weight excluding hydrogens is 322 g/mol. The molecule has 0 saturated carbocycles. The average Bonchev–Trinajstić information content (AvgIpc) is 2.99. The predicted octanol–water partition coefficient (Wildman–Crippen LogP) is 1.71. The van der Waals surface area contributed by atoms with Crippen molar-refractivity contribution in [2.45, 2.75) is 13.0 Å². The Morgan fingerprint density at radius 2 is 2.00 bits per heavy atom. The lowest BCUT2D eigenvalue weighted by Crippen LogP contribution is -2.42. The van der Waals surface area contributed by atoms with Gasteiger partial charge in [-0.3, -0.25) is 4.79 Å². The van der Waals surface area contributed by atoms with Crippen molar-refractivity contribution in [3.05, 3.63) is 41.5 Å². The molecule has 1 saturated heterocycles. The molecule has 0 aliphatic carbocycles. The van der Waals surface area contributed by atoms with E-state index in [9.17, 15) is 4.79 Å². The number of benzene rings is 1. The van der Waals surface area contributed by atoms with E-state index in [4.69, 9.17) is 14.2 Å². The van der Waals surface area contributed by atoms with Crippen LogP contribution in [0, 0.1) is 6.92 Å². The van der Waals surface area contributed by atoms with Crippen LogP contribution in [0.15, 0.2) is 24.4 Å². The summed E-state index contributed by atoms with van der Waals surface area (Å²) in [6, 6.07) is 5.33. The first kappa shape index (κ1) is 16.0. The highest BCUT2D eigenvalue weighted by atomic mass is 16.6. The highest BCUT2D eigenvalue weighted by molar-refractivity contribution is 5.95. The van der Waals surface area contributed by atoms with Gasteiger partial charge in [0.1, 0.15) is 25.1 Å². The zero-order valence-corrected chi connectivity index (χ0v) is 14.4. The van der Waals surface area contributed by atoms with E-state index in [0.29, 0.717) is 50.0 Å². The maximum absolute atomic E-state index is 12.9. The number of nitrogens with zero attached hydrogens (tertiary/aromatic N) is 3. The number of morpholine rings is 1. The van der Waals surface area contributed by atoms with Crippen molar-refractivity contribution in [3.63, 3.8) is 0 Å². The topological polar surface area (TPSA) is 65.8 Å². The Balaban J connectivity index is 1.53. The van der Waals surface area contributed by atoms with E-state index in [2.05, 4.69) is 4.98 Å². The van der Waals surface area contributed by atoms with Crippen LogP contribution in [0.5, 0.6) is 11.5 Å². The first-order valence-electron chi connectivity index (χ1n) is 8.42. The molecule has 25 heavy (non-hydrogen) atoms. The number of aryl methyl sites for hydroxylation is 2. The first-order chi connectivity index (χ1) is 12.1. The van der Waals surface area contributed by atoms with Crippen LogP contribution < -0.4 is 9.47 Å². The van der Waals surface area contributed by atoms with Gasteiger partial charge in [0.05, 0.1) is 18.8 Å². The summed E-state index contributed by atoms with van der Waals surface area (Å²) < 4.78 is 18.9. The van der Waals surface area contributed by atoms with Crippen LogP contribution >= 0.6 is 0 Å². The fourth-order valence-corrected chi connectivity index (χ4v) is 3.28. The Labute approximate surface area is 146 Å². The summed E-state index contributed by atoms with van der Waals surface area (Å²) in [5, 5.41) is 0. The third-order valence-corrected chi connectivity index (χ3v) is 4.46. The van der Waals surface area contributed by atoms with Crippen molar-refractivity contribution in [2.75, 3.05) is 32.9 Å². The fraction of sp³-hybridized carbons (Fsp3) is 0.444. The minimum atomic E-state index is -0.214. The number of ether oxygens (including phenoxy) is 3. The smallest absolute Gasteiger partial charge is 0.254 e. The third kappa shape index (κ3) is 3.07. The lowest BCUT2D eigenvalue weighted by molar-refractivity contribution is -0.0279. The second-order valence-electron chi connectivity index (χ2n) is 6.32. The van der Waals surface area contributed by atoms with E-state index < -0.39 is 0 Å². The maximum atomic E-state index is 12.9. The number of fused-ring (bicyclic) bond motifs is 1. The fourth-order valence-electron chi connectivity index (χ4n) is 3.28. The normalized spacial score (nSPS) is 19.8. The van der Waals surface area contributed by atoms with Crippen LogP contribution in [0.3, 0.4) is 0 Å². The number of amides is 1. The van der Waals surface area contributed by atoms with E-state index in [-0.39, 0.29) is 12.0 Å². The van der Waals surface area contributed by atoms with Crippen molar-refractivity contribution in [1.29, 1.82) is 0 Å². The van der Waals surface area contributed by atoms with Crippen LogP contribution in [0.2, 0.25) is 0 Å². The van der Waals surface area contributed by atoms with Gasteiger partial charge in [-0.2, -0.15) is 0 Å². The summed E-state index contributed by atoms with van der Waals surface area (Å²) in [6.45, 7) is 4.53. The summed E-state index contributed by atoms with van der Waals surface area (Å²) in [5.74, 6) is 2.13. The van der Waals surface area contributed by atoms with E-state index in [1.807, 2.05) is 29.6 Å². The Kier molecular flexibility index (Phi) is 4.09. The maximum Gasteiger partial charge on any atom is 0.254 e. The minimum Gasteiger partial charge on any atom is -0.486 e. The molecule has 0 spiro atoms. The standard InChI is InChI=1S/C18H21N3O4/c1-12-10-20(2)17(19-12)16-11-21(5-6-23-16)18(22)13-3-4-14-15(9-13)25-8-7-24-14/h3-4,9-10,16H,5-8,11H2,1-2H3/t16-/m1/s1. The molecule has 2 aromatic rings. The number of carbonyl (C=O) groups is 1. The monoisotopic (exact) mass is 343 g/mol. The molecule has 1 fully saturated rings. The quantitative estimate of drug-likeness (QED) is 0.831. The molecule has 0 unspecified atom stereocenters. The average molecular weight is 343 g/mol. The molecule has 3 heterocycles.